The second-order valence-electron chi connectivity index (χ2n) is 2.13. The molecule has 0 amide bonds. The SMILES string of the molecule is C=CCCOC(=O)/C=C(/C)N. The van der Waals surface area contributed by atoms with Crippen molar-refractivity contribution in [1.82, 2.24) is 0 Å². The molecule has 0 heterocycles. The van der Waals surface area contributed by atoms with Crippen LogP contribution in [0.3, 0.4) is 0 Å². The minimum absolute atomic E-state index is 0.367. The second-order valence-corrected chi connectivity index (χ2v) is 2.13. The first-order valence-corrected chi connectivity index (χ1v) is 3.38. The van der Waals surface area contributed by atoms with E-state index >= 15 is 0 Å². The number of carbonyl (C=O) groups is 1. The topological polar surface area (TPSA) is 52.3 Å². The van der Waals surface area contributed by atoms with E-state index in [9.17, 15) is 4.79 Å². The molecule has 0 unspecified atom stereocenters. The predicted molar refractivity (Wildman–Crippen MR) is 43.7 cm³/mol. The van der Waals surface area contributed by atoms with Crippen LogP contribution in [0.4, 0.5) is 0 Å². The van der Waals surface area contributed by atoms with Crippen LogP contribution in [0.15, 0.2) is 24.4 Å². The van der Waals surface area contributed by atoms with Crippen LogP contribution < -0.4 is 5.73 Å². The minimum atomic E-state index is -0.396. The Morgan fingerprint density at radius 1 is 1.73 bits per heavy atom. The molecular formula is C8H13NO2. The molecule has 0 aliphatic rings. The summed E-state index contributed by atoms with van der Waals surface area (Å²) in [6.07, 6.45) is 3.61. The lowest BCUT2D eigenvalue weighted by Gasteiger charge is -1.97. The molecule has 0 atom stereocenters. The minimum Gasteiger partial charge on any atom is -0.462 e. The van der Waals surface area contributed by atoms with Gasteiger partial charge in [0.2, 0.25) is 0 Å². The van der Waals surface area contributed by atoms with Crippen LogP contribution in [0.1, 0.15) is 13.3 Å². The van der Waals surface area contributed by atoms with E-state index in [0.717, 1.165) is 0 Å². The Kier molecular flexibility index (Phi) is 4.90. The number of allylic oxidation sites excluding steroid dienone is 1. The van der Waals surface area contributed by atoms with E-state index in [0.29, 0.717) is 18.7 Å². The normalized spacial score (nSPS) is 10.8. The fraction of sp³-hybridized carbons (Fsp3) is 0.375. The molecule has 0 saturated carbocycles. The largest absolute Gasteiger partial charge is 0.462 e. The van der Waals surface area contributed by atoms with Gasteiger partial charge in [-0.25, -0.2) is 4.79 Å². The van der Waals surface area contributed by atoms with Crippen LogP contribution in [0, 0.1) is 0 Å². The lowest BCUT2D eigenvalue weighted by atomic mass is 10.4. The average Bonchev–Trinajstić information content (AvgIpc) is 1.86. The Morgan fingerprint density at radius 2 is 2.36 bits per heavy atom. The highest BCUT2D eigenvalue weighted by atomic mass is 16.5. The molecule has 0 bridgehead atoms. The standard InChI is InChI=1S/C8H13NO2/c1-3-4-5-11-8(10)6-7(2)9/h3,6H,1,4-5,9H2,2H3/b7-6-. The molecular weight excluding hydrogens is 142 g/mol. The van der Waals surface area contributed by atoms with Crippen LogP contribution in [-0.4, -0.2) is 12.6 Å². The molecule has 0 fully saturated rings. The number of esters is 1. The Hall–Kier alpha value is -1.25. The van der Waals surface area contributed by atoms with Crippen molar-refractivity contribution in [2.45, 2.75) is 13.3 Å². The van der Waals surface area contributed by atoms with Gasteiger partial charge in [0.1, 0.15) is 0 Å². The molecule has 0 radical (unpaired) electrons. The van der Waals surface area contributed by atoms with Crippen LogP contribution in [0.2, 0.25) is 0 Å². The highest BCUT2D eigenvalue weighted by molar-refractivity contribution is 5.82. The van der Waals surface area contributed by atoms with E-state index in [-0.39, 0.29) is 0 Å². The molecule has 3 nitrogen and oxygen atoms in total. The third-order valence-electron chi connectivity index (χ3n) is 0.912. The fourth-order valence-electron chi connectivity index (χ4n) is 0.470. The zero-order valence-corrected chi connectivity index (χ0v) is 6.67. The summed E-state index contributed by atoms with van der Waals surface area (Å²) < 4.78 is 4.73. The molecule has 2 N–H and O–H groups in total. The maximum absolute atomic E-state index is 10.7. The van der Waals surface area contributed by atoms with E-state index in [1.165, 1.54) is 6.08 Å². The first-order chi connectivity index (χ1) is 5.16. The molecule has 0 aromatic carbocycles. The van der Waals surface area contributed by atoms with Gasteiger partial charge < -0.3 is 10.5 Å². The Balaban J connectivity index is 3.53. The Bertz CT molecular complexity index is 169. The summed E-state index contributed by atoms with van der Waals surface area (Å²) in [5.41, 5.74) is 5.69. The van der Waals surface area contributed by atoms with Crippen molar-refractivity contribution in [2.75, 3.05) is 6.61 Å². The lowest BCUT2D eigenvalue weighted by molar-refractivity contribution is -0.137. The van der Waals surface area contributed by atoms with E-state index in [1.54, 1.807) is 13.0 Å². The number of ether oxygens (including phenoxy) is 1. The quantitative estimate of drug-likeness (QED) is 0.285. The van der Waals surface area contributed by atoms with E-state index < -0.39 is 5.97 Å². The molecule has 0 aliphatic heterocycles. The van der Waals surface area contributed by atoms with Crippen molar-refractivity contribution in [2.24, 2.45) is 5.73 Å². The summed E-state index contributed by atoms with van der Waals surface area (Å²) in [6, 6.07) is 0. The zero-order valence-electron chi connectivity index (χ0n) is 6.67. The molecule has 62 valence electrons. The monoisotopic (exact) mass is 155 g/mol. The predicted octanol–water partition coefficient (Wildman–Crippen LogP) is 0.968. The van der Waals surface area contributed by atoms with Gasteiger partial charge in [0.15, 0.2) is 0 Å². The molecule has 0 aliphatic carbocycles. The molecule has 0 saturated heterocycles. The Labute approximate surface area is 66.5 Å². The van der Waals surface area contributed by atoms with E-state index in [1.807, 2.05) is 0 Å². The summed E-state index contributed by atoms with van der Waals surface area (Å²) in [5, 5.41) is 0. The van der Waals surface area contributed by atoms with Crippen molar-refractivity contribution in [3.05, 3.63) is 24.4 Å². The van der Waals surface area contributed by atoms with Gasteiger partial charge in [-0.3, -0.25) is 0 Å². The zero-order chi connectivity index (χ0) is 8.69. The number of hydrogen-bond acceptors (Lipinski definition) is 3. The van der Waals surface area contributed by atoms with Gasteiger partial charge in [0, 0.05) is 11.8 Å². The van der Waals surface area contributed by atoms with Gasteiger partial charge in [0.25, 0.3) is 0 Å². The van der Waals surface area contributed by atoms with Gasteiger partial charge in [0.05, 0.1) is 6.61 Å². The molecule has 0 aromatic rings. The molecule has 11 heavy (non-hydrogen) atoms. The highest BCUT2D eigenvalue weighted by Crippen LogP contribution is 1.88. The average molecular weight is 155 g/mol. The summed E-state index contributed by atoms with van der Waals surface area (Å²) in [6.45, 7) is 5.49. The van der Waals surface area contributed by atoms with E-state index in [4.69, 9.17) is 10.5 Å². The van der Waals surface area contributed by atoms with Crippen molar-refractivity contribution >= 4 is 5.97 Å². The van der Waals surface area contributed by atoms with Gasteiger partial charge in [-0.1, -0.05) is 6.08 Å². The maximum atomic E-state index is 10.7. The van der Waals surface area contributed by atoms with Gasteiger partial charge in [-0.2, -0.15) is 0 Å². The van der Waals surface area contributed by atoms with Gasteiger partial charge in [-0.05, 0) is 13.3 Å². The van der Waals surface area contributed by atoms with Crippen LogP contribution in [0.5, 0.6) is 0 Å². The number of nitrogens with two attached hydrogens (primary N) is 1. The third-order valence-corrected chi connectivity index (χ3v) is 0.912. The number of hydrogen-bond donors (Lipinski definition) is 1. The fourth-order valence-corrected chi connectivity index (χ4v) is 0.470. The van der Waals surface area contributed by atoms with Crippen LogP contribution in [0.25, 0.3) is 0 Å². The van der Waals surface area contributed by atoms with Crippen LogP contribution >= 0.6 is 0 Å². The number of rotatable bonds is 4. The molecule has 0 spiro atoms. The van der Waals surface area contributed by atoms with E-state index in [2.05, 4.69) is 6.58 Å². The van der Waals surface area contributed by atoms with Crippen molar-refractivity contribution < 1.29 is 9.53 Å². The number of carbonyl (C=O) groups excluding carboxylic acids is 1. The lowest BCUT2D eigenvalue weighted by Crippen LogP contribution is -2.04. The van der Waals surface area contributed by atoms with Gasteiger partial charge in [-0.15, -0.1) is 6.58 Å². The summed E-state index contributed by atoms with van der Waals surface area (Å²) in [7, 11) is 0. The summed E-state index contributed by atoms with van der Waals surface area (Å²) >= 11 is 0. The summed E-state index contributed by atoms with van der Waals surface area (Å²) in [4.78, 5) is 10.7. The summed E-state index contributed by atoms with van der Waals surface area (Å²) in [5.74, 6) is -0.396. The third kappa shape index (κ3) is 6.64. The first kappa shape index (κ1) is 9.75. The Morgan fingerprint density at radius 3 is 2.82 bits per heavy atom. The van der Waals surface area contributed by atoms with Crippen LogP contribution in [-0.2, 0) is 9.53 Å². The highest BCUT2D eigenvalue weighted by Gasteiger charge is 1.95. The molecule has 3 heteroatoms. The smallest absolute Gasteiger partial charge is 0.332 e. The van der Waals surface area contributed by atoms with Crippen molar-refractivity contribution in [1.29, 1.82) is 0 Å². The molecule has 0 aromatic heterocycles. The maximum Gasteiger partial charge on any atom is 0.332 e. The second kappa shape index (κ2) is 5.53. The molecule has 0 rings (SSSR count). The van der Waals surface area contributed by atoms with Crippen molar-refractivity contribution in [3.8, 4) is 0 Å². The van der Waals surface area contributed by atoms with Gasteiger partial charge >= 0.3 is 5.97 Å². The first-order valence-electron chi connectivity index (χ1n) is 3.38. The van der Waals surface area contributed by atoms with Crippen molar-refractivity contribution in [3.63, 3.8) is 0 Å².